The topological polar surface area (TPSA) is 113 Å². The molecule has 0 aromatic heterocycles. The maximum absolute atomic E-state index is 11.5. The summed E-state index contributed by atoms with van der Waals surface area (Å²) >= 11 is 0. The second-order valence-corrected chi connectivity index (χ2v) is 4.88. The van der Waals surface area contributed by atoms with Crippen LogP contribution in [0.2, 0.25) is 0 Å². The lowest BCUT2D eigenvalue weighted by Crippen LogP contribution is -2.30. The fourth-order valence-electron chi connectivity index (χ4n) is 2.38. The van der Waals surface area contributed by atoms with Gasteiger partial charge in [-0.05, 0) is 37.5 Å². The summed E-state index contributed by atoms with van der Waals surface area (Å²) in [6.07, 6.45) is 3.27. The van der Waals surface area contributed by atoms with Crippen molar-refractivity contribution in [2.45, 2.75) is 19.3 Å². The maximum atomic E-state index is 11.5. The zero-order valence-corrected chi connectivity index (χ0v) is 11.9. The van der Waals surface area contributed by atoms with E-state index in [9.17, 15) is 9.90 Å². The molecule has 2 N–H and O–H groups in total. The first kappa shape index (κ1) is 15.3. The molecule has 1 saturated heterocycles. The summed E-state index contributed by atoms with van der Waals surface area (Å²) < 4.78 is 0. The van der Waals surface area contributed by atoms with Crippen molar-refractivity contribution in [3.63, 3.8) is 0 Å². The highest BCUT2D eigenvalue weighted by Gasteiger charge is 2.18. The van der Waals surface area contributed by atoms with E-state index < -0.39 is 5.97 Å². The van der Waals surface area contributed by atoms with Gasteiger partial charge < -0.3 is 10.0 Å². The number of carboxylic acids is 1. The summed E-state index contributed by atoms with van der Waals surface area (Å²) in [6, 6.07) is 8.12. The van der Waals surface area contributed by atoms with E-state index in [2.05, 4.69) is 15.4 Å². The summed E-state index contributed by atoms with van der Waals surface area (Å²) in [6.45, 7) is 1.69. The Kier molecular flexibility index (Phi) is 4.94. The van der Waals surface area contributed by atoms with E-state index in [1.54, 1.807) is 24.3 Å². The first-order valence-electron chi connectivity index (χ1n) is 6.92. The second kappa shape index (κ2) is 7.09. The number of nitrogens with one attached hydrogen (secondary N) is 1. The van der Waals surface area contributed by atoms with Gasteiger partial charge in [0.25, 0.3) is 0 Å². The number of hydrogen-bond acceptors (Lipinski definition) is 6. The summed E-state index contributed by atoms with van der Waals surface area (Å²) in [4.78, 5) is 13.5. The van der Waals surface area contributed by atoms with Gasteiger partial charge in [0.05, 0.1) is 16.9 Å². The van der Waals surface area contributed by atoms with E-state index in [0.717, 1.165) is 25.9 Å². The van der Waals surface area contributed by atoms with Crippen LogP contribution in [0.15, 0.2) is 23.3 Å². The molecule has 0 saturated carbocycles. The number of rotatable bonds is 4. The highest BCUT2D eigenvalue weighted by atomic mass is 16.4. The predicted molar refractivity (Wildman–Crippen MR) is 81.7 cm³/mol. The van der Waals surface area contributed by atoms with Gasteiger partial charge in [0.2, 0.25) is 5.71 Å². The van der Waals surface area contributed by atoms with E-state index in [0.29, 0.717) is 11.4 Å². The Morgan fingerprint density at radius 3 is 2.50 bits per heavy atom. The van der Waals surface area contributed by atoms with Crippen molar-refractivity contribution in [3.8, 4) is 12.1 Å². The van der Waals surface area contributed by atoms with Gasteiger partial charge in [0.15, 0.2) is 0 Å². The Balaban J connectivity index is 2.27. The van der Waals surface area contributed by atoms with Gasteiger partial charge in [-0.2, -0.15) is 15.6 Å². The van der Waals surface area contributed by atoms with E-state index in [1.807, 2.05) is 0 Å². The van der Waals surface area contributed by atoms with E-state index >= 15 is 0 Å². The van der Waals surface area contributed by atoms with Crippen LogP contribution in [0, 0.1) is 22.7 Å². The largest absolute Gasteiger partial charge is 0.478 e. The quantitative estimate of drug-likeness (QED) is 0.650. The van der Waals surface area contributed by atoms with Crippen LogP contribution in [0.5, 0.6) is 0 Å². The summed E-state index contributed by atoms with van der Waals surface area (Å²) in [7, 11) is 0. The highest BCUT2D eigenvalue weighted by Crippen LogP contribution is 2.27. The fraction of sp³-hybridized carbons (Fsp3) is 0.333. The monoisotopic (exact) mass is 297 g/mol. The molecule has 1 heterocycles. The van der Waals surface area contributed by atoms with Gasteiger partial charge in [0.1, 0.15) is 12.1 Å². The molecule has 0 radical (unpaired) electrons. The Bertz CT molecular complexity index is 662. The smallest absolute Gasteiger partial charge is 0.337 e. The van der Waals surface area contributed by atoms with Crippen LogP contribution >= 0.6 is 0 Å². The Hall–Kier alpha value is -3.06. The summed E-state index contributed by atoms with van der Waals surface area (Å²) in [5.74, 6) is -1.02. The molecule has 0 atom stereocenters. The van der Waals surface area contributed by atoms with Gasteiger partial charge in [-0.15, -0.1) is 0 Å². The molecule has 7 heteroatoms. The highest BCUT2D eigenvalue weighted by molar-refractivity contribution is 6.10. The van der Waals surface area contributed by atoms with Crippen LogP contribution in [-0.4, -0.2) is 29.9 Å². The molecule has 0 amide bonds. The second-order valence-electron chi connectivity index (χ2n) is 4.88. The van der Waals surface area contributed by atoms with Crippen molar-refractivity contribution in [2.24, 2.45) is 5.10 Å². The molecule has 0 bridgehead atoms. The zero-order chi connectivity index (χ0) is 15.9. The molecule has 2 rings (SSSR count). The molecule has 1 aliphatic rings. The van der Waals surface area contributed by atoms with Crippen molar-refractivity contribution < 1.29 is 9.90 Å². The molecule has 0 aliphatic carbocycles. The number of nitrogens with zero attached hydrogens (tertiary/aromatic N) is 4. The fourth-order valence-corrected chi connectivity index (χ4v) is 2.38. The lowest BCUT2D eigenvalue weighted by molar-refractivity contribution is 0.0697. The molecule has 0 spiro atoms. The lowest BCUT2D eigenvalue weighted by atomic mass is 10.1. The number of hydrogen-bond donors (Lipinski definition) is 2. The minimum atomic E-state index is -1.02. The number of anilines is 2. The van der Waals surface area contributed by atoms with Crippen LogP contribution in [0.4, 0.5) is 11.4 Å². The van der Waals surface area contributed by atoms with Crippen LogP contribution in [0.3, 0.4) is 0 Å². The van der Waals surface area contributed by atoms with Gasteiger partial charge >= 0.3 is 5.97 Å². The average molecular weight is 297 g/mol. The maximum Gasteiger partial charge on any atom is 0.337 e. The third-order valence-electron chi connectivity index (χ3n) is 3.43. The molecule has 7 nitrogen and oxygen atoms in total. The number of carbonyl (C=O) groups is 1. The molecule has 1 aromatic rings. The summed E-state index contributed by atoms with van der Waals surface area (Å²) in [5.41, 5.74) is 3.49. The van der Waals surface area contributed by atoms with Crippen molar-refractivity contribution in [1.29, 1.82) is 10.5 Å². The van der Waals surface area contributed by atoms with Crippen LogP contribution in [-0.2, 0) is 0 Å². The average Bonchev–Trinajstić information content (AvgIpc) is 2.56. The predicted octanol–water partition coefficient (Wildman–Crippen LogP) is 2.19. The third-order valence-corrected chi connectivity index (χ3v) is 3.43. The number of nitriles is 2. The Morgan fingerprint density at radius 2 is 1.91 bits per heavy atom. The van der Waals surface area contributed by atoms with Crippen LogP contribution in [0.1, 0.15) is 29.6 Å². The van der Waals surface area contributed by atoms with Crippen molar-refractivity contribution in [2.75, 3.05) is 23.4 Å². The zero-order valence-electron chi connectivity index (χ0n) is 11.9. The minimum Gasteiger partial charge on any atom is -0.478 e. The van der Waals surface area contributed by atoms with Gasteiger partial charge in [-0.25, -0.2) is 4.79 Å². The third kappa shape index (κ3) is 3.53. The van der Waals surface area contributed by atoms with E-state index in [1.165, 1.54) is 12.5 Å². The molecule has 0 unspecified atom stereocenters. The number of aromatic carboxylic acids is 1. The first-order chi connectivity index (χ1) is 10.7. The van der Waals surface area contributed by atoms with Crippen molar-refractivity contribution >= 4 is 23.1 Å². The molecule has 112 valence electrons. The van der Waals surface area contributed by atoms with Crippen molar-refractivity contribution in [1.82, 2.24) is 0 Å². The number of benzene rings is 1. The molecular weight excluding hydrogens is 282 g/mol. The molecule has 22 heavy (non-hydrogen) atoms. The molecule has 1 aromatic carbocycles. The summed E-state index contributed by atoms with van der Waals surface area (Å²) in [5, 5.41) is 30.2. The lowest BCUT2D eigenvalue weighted by Gasteiger charge is -2.30. The van der Waals surface area contributed by atoms with Gasteiger partial charge in [-0.1, -0.05) is 0 Å². The number of piperidine rings is 1. The molecular formula is C15H15N5O2. The Morgan fingerprint density at radius 1 is 1.23 bits per heavy atom. The van der Waals surface area contributed by atoms with Crippen LogP contribution in [0.25, 0.3) is 0 Å². The normalized spacial score (nSPS) is 13.6. The standard InChI is InChI=1S/C15H15N5O2/c16-9-12(10-17)19-18-11-4-5-14(13(8-11)15(21)22)20-6-2-1-3-7-20/h4-5,8,18H,1-3,6-7H2,(H,21,22). The number of hydrazone groups is 1. The van der Waals surface area contributed by atoms with E-state index in [4.69, 9.17) is 10.5 Å². The number of carboxylic acid groups (broad SMARTS) is 1. The van der Waals surface area contributed by atoms with E-state index in [-0.39, 0.29) is 11.3 Å². The van der Waals surface area contributed by atoms with Gasteiger partial charge in [-0.3, -0.25) is 5.43 Å². The SMILES string of the molecule is N#CC(C#N)=NNc1ccc(N2CCCCC2)c(C(=O)O)c1. The first-order valence-corrected chi connectivity index (χ1v) is 6.92. The van der Waals surface area contributed by atoms with Crippen molar-refractivity contribution in [3.05, 3.63) is 23.8 Å². The Labute approximate surface area is 128 Å². The molecule has 1 aliphatic heterocycles. The van der Waals surface area contributed by atoms with Crippen LogP contribution < -0.4 is 10.3 Å². The minimum absolute atomic E-state index is 0.178. The molecule has 1 fully saturated rings. The van der Waals surface area contributed by atoms with Gasteiger partial charge in [0, 0.05) is 13.1 Å².